The molecule has 110 valence electrons. The first-order valence-corrected chi connectivity index (χ1v) is 7.75. The van der Waals surface area contributed by atoms with Crippen LogP contribution in [0.1, 0.15) is 24.4 Å². The van der Waals surface area contributed by atoms with Crippen molar-refractivity contribution in [3.63, 3.8) is 0 Å². The van der Waals surface area contributed by atoms with Crippen LogP contribution in [0.25, 0.3) is 0 Å². The summed E-state index contributed by atoms with van der Waals surface area (Å²) in [5.74, 6) is 0.819. The summed E-state index contributed by atoms with van der Waals surface area (Å²) < 4.78 is 1.77. The number of hydrogen-bond donors (Lipinski definition) is 1. The zero-order valence-electron chi connectivity index (χ0n) is 11.7. The van der Waals surface area contributed by atoms with E-state index in [1.165, 1.54) is 5.56 Å². The monoisotopic (exact) mass is 303 g/mol. The first-order chi connectivity index (χ1) is 10.3. The summed E-state index contributed by atoms with van der Waals surface area (Å²) in [6, 6.07) is 10.4. The van der Waals surface area contributed by atoms with Crippen LogP contribution < -0.4 is 10.9 Å². The Kier molecular flexibility index (Phi) is 4.25. The molecule has 1 heterocycles. The van der Waals surface area contributed by atoms with Gasteiger partial charge >= 0.3 is 0 Å². The molecule has 21 heavy (non-hydrogen) atoms. The van der Waals surface area contributed by atoms with E-state index < -0.39 is 0 Å². The first-order valence-electron chi connectivity index (χ1n) is 7.21. The Morgan fingerprint density at radius 3 is 2.76 bits per heavy atom. The fraction of sp³-hybridized carbons (Fsp3) is 0.375. The van der Waals surface area contributed by atoms with Crippen LogP contribution in [0.15, 0.2) is 47.5 Å². The highest BCUT2D eigenvalue weighted by atomic mass is 35.5. The van der Waals surface area contributed by atoms with Gasteiger partial charge in [-0.1, -0.05) is 30.3 Å². The van der Waals surface area contributed by atoms with Crippen molar-refractivity contribution in [1.82, 2.24) is 9.55 Å². The highest BCUT2D eigenvalue weighted by molar-refractivity contribution is 6.18. The fourth-order valence-corrected chi connectivity index (χ4v) is 2.59. The Bertz CT molecular complexity index is 652. The molecule has 1 fully saturated rings. The normalized spacial score (nSPS) is 15.7. The lowest BCUT2D eigenvalue weighted by atomic mass is 10.1. The van der Waals surface area contributed by atoms with E-state index in [2.05, 4.69) is 22.4 Å². The molecule has 4 nitrogen and oxygen atoms in total. The number of alkyl halides is 1. The molecule has 0 bridgehead atoms. The smallest absolute Gasteiger partial charge is 0.293 e. The molecule has 0 saturated heterocycles. The molecule has 0 amide bonds. The number of hydrogen-bond acceptors (Lipinski definition) is 3. The molecule has 0 spiro atoms. The minimum atomic E-state index is -0.0526. The number of benzene rings is 1. The summed E-state index contributed by atoms with van der Waals surface area (Å²) in [5.41, 5.74) is 1.14. The van der Waals surface area contributed by atoms with Crippen LogP contribution in [0.2, 0.25) is 0 Å². The van der Waals surface area contributed by atoms with Gasteiger partial charge < -0.3 is 9.88 Å². The summed E-state index contributed by atoms with van der Waals surface area (Å²) in [7, 11) is 0. The van der Waals surface area contributed by atoms with Crippen molar-refractivity contribution in [2.24, 2.45) is 0 Å². The summed E-state index contributed by atoms with van der Waals surface area (Å²) in [5, 5.41) is 3.19. The quantitative estimate of drug-likeness (QED) is 0.835. The van der Waals surface area contributed by atoms with Crippen LogP contribution in [-0.4, -0.2) is 21.5 Å². The summed E-state index contributed by atoms with van der Waals surface area (Å²) in [6.07, 6.45) is 6.36. The second-order valence-corrected chi connectivity index (χ2v) is 5.71. The van der Waals surface area contributed by atoms with Crippen LogP contribution in [-0.2, 0) is 6.42 Å². The van der Waals surface area contributed by atoms with Crippen LogP contribution in [0.3, 0.4) is 0 Å². The highest BCUT2D eigenvalue weighted by Gasteiger charge is 2.25. The Labute approximate surface area is 128 Å². The Morgan fingerprint density at radius 2 is 2.10 bits per heavy atom. The molecule has 0 aliphatic heterocycles. The predicted molar refractivity (Wildman–Crippen MR) is 85.0 cm³/mol. The standard InChI is InChI=1S/C16H18ClN3O/c17-11-13(10-12-4-2-1-3-5-12)19-15-16(21)20(9-8-18-15)14-6-7-14/h1-5,8-9,13-14H,6-7,10-11H2,(H,18,19). The van der Waals surface area contributed by atoms with E-state index in [9.17, 15) is 4.79 Å². The Hall–Kier alpha value is -1.81. The van der Waals surface area contributed by atoms with Gasteiger partial charge in [0.25, 0.3) is 5.56 Å². The van der Waals surface area contributed by atoms with Crippen LogP contribution in [0.5, 0.6) is 0 Å². The van der Waals surface area contributed by atoms with Crippen molar-refractivity contribution in [2.75, 3.05) is 11.2 Å². The molecule has 5 heteroatoms. The molecule has 1 aliphatic carbocycles. The molecule has 1 aromatic heterocycles. The van der Waals surface area contributed by atoms with E-state index in [0.717, 1.165) is 19.3 Å². The number of nitrogens with zero attached hydrogens (tertiary/aromatic N) is 2. The molecule has 3 rings (SSSR count). The van der Waals surface area contributed by atoms with Crippen molar-refractivity contribution in [1.29, 1.82) is 0 Å². The third kappa shape index (κ3) is 3.45. The zero-order chi connectivity index (χ0) is 14.7. The van der Waals surface area contributed by atoms with Gasteiger partial charge in [0, 0.05) is 30.4 Å². The molecule has 0 radical (unpaired) electrons. The van der Waals surface area contributed by atoms with E-state index in [0.29, 0.717) is 17.7 Å². The molecule has 1 aromatic carbocycles. The summed E-state index contributed by atoms with van der Waals surface area (Å²) in [4.78, 5) is 16.5. The summed E-state index contributed by atoms with van der Waals surface area (Å²) >= 11 is 6.04. The lowest BCUT2D eigenvalue weighted by molar-refractivity contribution is 0.693. The van der Waals surface area contributed by atoms with Gasteiger partial charge in [-0.15, -0.1) is 11.6 Å². The molecule has 1 N–H and O–H groups in total. The third-order valence-corrected chi connectivity index (χ3v) is 4.03. The number of aromatic nitrogens is 2. The maximum absolute atomic E-state index is 12.3. The minimum absolute atomic E-state index is 0.00989. The largest absolute Gasteiger partial charge is 0.361 e. The van der Waals surface area contributed by atoms with E-state index in [4.69, 9.17) is 11.6 Å². The van der Waals surface area contributed by atoms with Crippen molar-refractivity contribution in [2.45, 2.75) is 31.3 Å². The van der Waals surface area contributed by atoms with E-state index in [-0.39, 0.29) is 11.6 Å². The minimum Gasteiger partial charge on any atom is -0.361 e. The van der Waals surface area contributed by atoms with E-state index in [1.54, 1.807) is 17.0 Å². The van der Waals surface area contributed by atoms with Gasteiger partial charge in [-0.25, -0.2) is 4.98 Å². The topological polar surface area (TPSA) is 46.9 Å². The van der Waals surface area contributed by atoms with Gasteiger partial charge in [0.2, 0.25) is 0 Å². The number of halogens is 1. The van der Waals surface area contributed by atoms with Crippen LogP contribution in [0.4, 0.5) is 5.82 Å². The van der Waals surface area contributed by atoms with Gasteiger partial charge in [-0.05, 0) is 24.8 Å². The van der Waals surface area contributed by atoms with Gasteiger partial charge in [-0.2, -0.15) is 0 Å². The Balaban J connectivity index is 1.75. The van der Waals surface area contributed by atoms with Crippen molar-refractivity contribution >= 4 is 17.4 Å². The van der Waals surface area contributed by atoms with Gasteiger partial charge in [0.1, 0.15) is 0 Å². The average Bonchev–Trinajstić information content (AvgIpc) is 3.34. The maximum atomic E-state index is 12.3. The molecule has 1 saturated carbocycles. The van der Waals surface area contributed by atoms with Gasteiger partial charge in [-0.3, -0.25) is 4.79 Å². The van der Waals surface area contributed by atoms with Crippen LogP contribution >= 0.6 is 11.6 Å². The van der Waals surface area contributed by atoms with E-state index in [1.807, 2.05) is 18.2 Å². The first kappa shape index (κ1) is 14.1. The van der Waals surface area contributed by atoms with Crippen molar-refractivity contribution < 1.29 is 0 Å². The van der Waals surface area contributed by atoms with Gasteiger partial charge in [0.05, 0.1) is 0 Å². The van der Waals surface area contributed by atoms with Crippen LogP contribution in [0, 0.1) is 0 Å². The summed E-state index contributed by atoms with van der Waals surface area (Å²) in [6.45, 7) is 0. The second kappa shape index (κ2) is 6.31. The van der Waals surface area contributed by atoms with Crippen molar-refractivity contribution in [3.8, 4) is 0 Å². The van der Waals surface area contributed by atoms with E-state index >= 15 is 0 Å². The average molecular weight is 304 g/mol. The molecular formula is C16H18ClN3O. The lowest BCUT2D eigenvalue weighted by Gasteiger charge is -2.17. The predicted octanol–water partition coefficient (Wildman–Crippen LogP) is 2.84. The zero-order valence-corrected chi connectivity index (χ0v) is 12.5. The highest BCUT2D eigenvalue weighted by Crippen LogP contribution is 2.33. The third-order valence-electron chi connectivity index (χ3n) is 3.66. The number of nitrogens with one attached hydrogen (secondary N) is 1. The molecule has 1 aliphatic rings. The van der Waals surface area contributed by atoms with Gasteiger partial charge in [0.15, 0.2) is 5.82 Å². The number of anilines is 1. The molecule has 1 unspecified atom stereocenters. The SMILES string of the molecule is O=c1c(NC(CCl)Cc2ccccc2)nccn1C1CC1. The lowest BCUT2D eigenvalue weighted by Crippen LogP contribution is -2.31. The second-order valence-electron chi connectivity index (χ2n) is 5.40. The Morgan fingerprint density at radius 1 is 1.33 bits per heavy atom. The van der Waals surface area contributed by atoms with Crippen molar-refractivity contribution in [3.05, 3.63) is 58.6 Å². The number of rotatable bonds is 6. The fourth-order valence-electron chi connectivity index (χ4n) is 2.40. The molecular weight excluding hydrogens is 286 g/mol. The molecule has 1 atom stereocenters. The maximum Gasteiger partial charge on any atom is 0.293 e. The molecule has 2 aromatic rings.